The topological polar surface area (TPSA) is 87.0 Å². The molecule has 2 heterocycles. The second-order valence-electron chi connectivity index (χ2n) is 2.62. The molecule has 0 radical (unpaired) electrons. The van der Waals surface area contributed by atoms with E-state index in [1.165, 1.54) is 0 Å². The molecule has 7 nitrogen and oxygen atoms in total. The predicted molar refractivity (Wildman–Crippen MR) is 56.7 cm³/mol. The van der Waals surface area contributed by atoms with Gasteiger partial charge in [-0.2, -0.15) is 17.4 Å². The third kappa shape index (κ3) is 1.73. The zero-order chi connectivity index (χ0) is 11.9. The molecule has 0 atom stereocenters. The molecule has 0 aliphatic rings. The molecular formula is C6H4Cl2N4O3S. The number of rotatable bonds is 2. The Bertz CT molecular complexity index is 653. The number of aromatic nitrogens is 4. The van der Waals surface area contributed by atoms with Crippen LogP contribution in [0.2, 0.25) is 10.4 Å². The van der Waals surface area contributed by atoms with Gasteiger partial charge >= 0.3 is 10.3 Å². The molecule has 2 aromatic rings. The van der Waals surface area contributed by atoms with E-state index in [1.54, 1.807) is 0 Å². The summed E-state index contributed by atoms with van der Waals surface area (Å²) in [7, 11) is -2.95. The molecule has 16 heavy (non-hydrogen) atoms. The average Bonchev–Trinajstić information content (AvgIpc) is 2.62. The summed E-state index contributed by atoms with van der Waals surface area (Å²) in [5.74, 6) is 0. The molecule has 0 aliphatic heterocycles. The molecule has 2 aromatic heterocycles. The molecule has 0 aromatic carbocycles. The Morgan fingerprint density at radius 3 is 2.69 bits per heavy atom. The average molecular weight is 283 g/mol. The van der Waals surface area contributed by atoms with Gasteiger partial charge in [0.05, 0.1) is 7.11 Å². The SMILES string of the molecule is COS(=O)(=O)n1cnc2nc(Cl)nc(Cl)c21. The second-order valence-corrected chi connectivity index (χ2v) is 4.90. The summed E-state index contributed by atoms with van der Waals surface area (Å²) in [6.45, 7) is 0. The summed E-state index contributed by atoms with van der Waals surface area (Å²) >= 11 is 11.3. The first kappa shape index (κ1) is 11.5. The quantitative estimate of drug-likeness (QED) is 0.600. The van der Waals surface area contributed by atoms with Crippen LogP contribution in [0.3, 0.4) is 0 Å². The van der Waals surface area contributed by atoms with Gasteiger partial charge in [0.25, 0.3) is 0 Å². The van der Waals surface area contributed by atoms with Crippen LogP contribution in [-0.4, -0.2) is 34.5 Å². The zero-order valence-corrected chi connectivity index (χ0v) is 10.1. The number of imidazole rings is 1. The van der Waals surface area contributed by atoms with Crippen LogP contribution >= 0.6 is 23.2 Å². The maximum absolute atomic E-state index is 11.5. The van der Waals surface area contributed by atoms with Crippen molar-refractivity contribution in [2.75, 3.05) is 7.11 Å². The van der Waals surface area contributed by atoms with Crippen LogP contribution < -0.4 is 0 Å². The van der Waals surface area contributed by atoms with E-state index in [2.05, 4.69) is 19.1 Å². The first-order chi connectivity index (χ1) is 7.45. The Labute approximate surface area is 100 Å². The van der Waals surface area contributed by atoms with Crippen LogP contribution in [0.15, 0.2) is 6.33 Å². The fraction of sp³-hybridized carbons (Fsp3) is 0.167. The molecule has 0 bridgehead atoms. The van der Waals surface area contributed by atoms with E-state index in [9.17, 15) is 8.42 Å². The summed E-state index contributed by atoms with van der Waals surface area (Å²) < 4.78 is 28.0. The van der Waals surface area contributed by atoms with Crippen molar-refractivity contribution in [2.45, 2.75) is 0 Å². The second kappa shape index (κ2) is 3.81. The Hall–Kier alpha value is -0.960. The van der Waals surface area contributed by atoms with Gasteiger partial charge in [-0.15, -0.1) is 0 Å². The lowest BCUT2D eigenvalue weighted by molar-refractivity contribution is 0.391. The van der Waals surface area contributed by atoms with Crippen molar-refractivity contribution < 1.29 is 12.6 Å². The molecule has 0 amide bonds. The largest absolute Gasteiger partial charge is 0.367 e. The highest BCUT2D eigenvalue weighted by Gasteiger charge is 2.20. The molecule has 86 valence electrons. The summed E-state index contributed by atoms with van der Waals surface area (Å²) in [6, 6.07) is 0. The lowest BCUT2D eigenvalue weighted by atomic mass is 10.6. The highest BCUT2D eigenvalue weighted by atomic mass is 35.5. The fourth-order valence-electron chi connectivity index (χ4n) is 1.09. The van der Waals surface area contributed by atoms with Crippen molar-refractivity contribution >= 4 is 44.7 Å². The summed E-state index contributed by atoms with van der Waals surface area (Å²) in [5.41, 5.74) is 0.0959. The third-order valence-electron chi connectivity index (χ3n) is 1.75. The summed E-state index contributed by atoms with van der Waals surface area (Å²) in [6.07, 6.45) is 1.01. The molecular weight excluding hydrogens is 279 g/mol. The Morgan fingerprint density at radius 1 is 1.38 bits per heavy atom. The number of hydrogen-bond acceptors (Lipinski definition) is 6. The van der Waals surface area contributed by atoms with Gasteiger partial charge in [-0.25, -0.2) is 9.97 Å². The summed E-state index contributed by atoms with van der Waals surface area (Å²) in [5, 5.41) is -0.231. The Balaban J connectivity index is 2.85. The first-order valence-electron chi connectivity index (χ1n) is 3.83. The molecule has 0 unspecified atom stereocenters. The zero-order valence-electron chi connectivity index (χ0n) is 7.76. The van der Waals surface area contributed by atoms with Crippen molar-refractivity contribution in [2.24, 2.45) is 0 Å². The number of fused-ring (bicyclic) bond motifs is 1. The van der Waals surface area contributed by atoms with Crippen LogP contribution in [0, 0.1) is 0 Å². The maximum atomic E-state index is 11.5. The smallest absolute Gasteiger partial charge is 0.257 e. The minimum atomic E-state index is -3.97. The fourth-order valence-corrected chi connectivity index (χ4v) is 2.31. The number of nitrogens with zero attached hydrogens (tertiary/aromatic N) is 4. The molecule has 0 saturated heterocycles. The standard InChI is InChI=1S/C6H4Cl2N4O3S/c1-15-16(13,14)12-2-9-5-3(12)4(7)10-6(8)11-5/h2H,1H3. The van der Waals surface area contributed by atoms with E-state index in [1.807, 2.05) is 0 Å². The van der Waals surface area contributed by atoms with Gasteiger partial charge in [0.15, 0.2) is 10.8 Å². The van der Waals surface area contributed by atoms with Crippen molar-refractivity contribution in [3.05, 3.63) is 16.8 Å². The van der Waals surface area contributed by atoms with E-state index >= 15 is 0 Å². The lowest BCUT2D eigenvalue weighted by Gasteiger charge is -2.03. The number of hydrogen-bond donors (Lipinski definition) is 0. The predicted octanol–water partition coefficient (Wildman–Crippen LogP) is 0.872. The van der Waals surface area contributed by atoms with Crippen LogP contribution in [-0.2, 0) is 14.5 Å². The normalized spacial score (nSPS) is 12.2. The molecule has 0 spiro atoms. The maximum Gasteiger partial charge on any atom is 0.367 e. The van der Waals surface area contributed by atoms with Gasteiger partial charge in [-0.1, -0.05) is 11.6 Å². The van der Waals surface area contributed by atoms with Crippen LogP contribution in [0.25, 0.3) is 11.2 Å². The van der Waals surface area contributed by atoms with Crippen molar-refractivity contribution in [1.82, 2.24) is 18.9 Å². The van der Waals surface area contributed by atoms with Gasteiger partial charge in [0.2, 0.25) is 5.28 Å². The highest BCUT2D eigenvalue weighted by molar-refractivity contribution is 7.85. The third-order valence-corrected chi connectivity index (χ3v) is 3.37. The van der Waals surface area contributed by atoms with E-state index in [4.69, 9.17) is 23.2 Å². The highest BCUT2D eigenvalue weighted by Crippen LogP contribution is 2.22. The van der Waals surface area contributed by atoms with Crippen LogP contribution in [0.1, 0.15) is 0 Å². The van der Waals surface area contributed by atoms with Gasteiger partial charge < -0.3 is 0 Å². The number of halogens is 2. The molecule has 0 saturated carbocycles. The molecule has 2 rings (SSSR count). The van der Waals surface area contributed by atoms with E-state index < -0.39 is 10.3 Å². The van der Waals surface area contributed by atoms with E-state index in [0.717, 1.165) is 17.4 Å². The molecule has 0 N–H and O–H groups in total. The van der Waals surface area contributed by atoms with E-state index in [-0.39, 0.29) is 21.6 Å². The molecule has 0 fully saturated rings. The van der Waals surface area contributed by atoms with Crippen molar-refractivity contribution in [3.8, 4) is 0 Å². The Morgan fingerprint density at radius 2 is 2.06 bits per heavy atom. The van der Waals surface area contributed by atoms with Gasteiger partial charge in [0.1, 0.15) is 11.8 Å². The first-order valence-corrected chi connectivity index (χ1v) is 5.95. The van der Waals surface area contributed by atoms with Crippen molar-refractivity contribution in [3.63, 3.8) is 0 Å². The van der Waals surface area contributed by atoms with Crippen LogP contribution in [0.4, 0.5) is 0 Å². The van der Waals surface area contributed by atoms with Gasteiger partial charge in [0, 0.05) is 0 Å². The van der Waals surface area contributed by atoms with Crippen molar-refractivity contribution in [1.29, 1.82) is 0 Å². The van der Waals surface area contributed by atoms with Crippen LogP contribution in [0.5, 0.6) is 0 Å². The monoisotopic (exact) mass is 282 g/mol. The lowest BCUT2D eigenvalue weighted by Crippen LogP contribution is -2.13. The van der Waals surface area contributed by atoms with Gasteiger partial charge in [-0.05, 0) is 11.6 Å². The minimum absolute atomic E-state index is 0.0212. The van der Waals surface area contributed by atoms with E-state index in [0.29, 0.717) is 0 Å². The minimum Gasteiger partial charge on any atom is -0.257 e. The molecule has 0 aliphatic carbocycles. The molecule has 10 heteroatoms. The Kier molecular flexibility index (Phi) is 2.74. The van der Waals surface area contributed by atoms with Gasteiger partial charge in [-0.3, -0.25) is 4.18 Å². The summed E-state index contributed by atoms with van der Waals surface area (Å²) in [4.78, 5) is 11.1.